The molecule has 180 valence electrons. The van der Waals surface area contributed by atoms with Crippen LogP contribution >= 0.6 is 0 Å². The first-order chi connectivity index (χ1) is 16.2. The quantitative estimate of drug-likeness (QED) is 0.318. The highest BCUT2D eigenvalue weighted by Crippen LogP contribution is 2.25. The van der Waals surface area contributed by atoms with Crippen LogP contribution in [0.5, 0.6) is 0 Å². The van der Waals surface area contributed by atoms with Gasteiger partial charge in [0.25, 0.3) is 5.91 Å². The first-order valence-electron chi connectivity index (χ1n) is 11.0. The van der Waals surface area contributed by atoms with Crippen molar-refractivity contribution in [3.05, 3.63) is 76.9 Å². The molecule has 8 heteroatoms. The molecule has 0 saturated carbocycles. The molecule has 1 aliphatic rings. The molecular weight excluding hydrogens is 452 g/mol. The molecular formula is C26H30N2O5S. The van der Waals surface area contributed by atoms with Crippen LogP contribution in [0.3, 0.4) is 0 Å². The molecule has 0 bridgehead atoms. The second-order valence-electron chi connectivity index (χ2n) is 8.66. The normalized spacial score (nSPS) is 16.1. The van der Waals surface area contributed by atoms with E-state index in [2.05, 4.69) is 22.8 Å². The molecule has 0 spiro atoms. The summed E-state index contributed by atoms with van der Waals surface area (Å²) in [4.78, 5) is 14.1. The van der Waals surface area contributed by atoms with E-state index in [-0.39, 0.29) is 13.0 Å². The van der Waals surface area contributed by atoms with Gasteiger partial charge in [0.05, 0.1) is 6.61 Å². The van der Waals surface area contributed by atoms with Gasteiger partial charge in [0.2, 0.25) is 0 Å². The fraction of sp³-hybridized carbons (Fsp3) is 0.346. The van der Waals surface area contributed by atoms with E-state index in [4.69, 9.17) is 10.3 Å². The van der Waals surface area contributed by atoms with Crippen molar-refractivity contribution >= 4 is 21.3 Å². The van der Waals surface area contributed by atoms with Gasteiger partial charge in [-0.05, 0) is 60.7 Å². The lowest BCUT2D eigenvalue weighted by Gasteiger charge is -2.31. The molecule has 34 heavy (non-hydrogen) atoms. The Morgan fingerprint density at radius 2 is 1.68 bits per heavy atom. The number of aliphatic hydroxyl groups excluding tert-OH is 1. The Morgan fingerprint density at radius 3 is 2.15 bits per heavy atom. The number of rotatable bonds is 7. The summed E-state index contributed by atoms with van der Waals surface area (Å²) in [5, 5.41) is 18.1. The van der Waals surface area contributed by atoms with Crippen LogP contribution in [0.25, 0.3) is 5.57 Å². The van der Waals surface area contributed by atoms with E-state index < -0.39 is 20.5 Å². The summed E-state index contributed by atoms with van der Waals surface area (Å²) < 4.78 is 22.6. The minimum absolute atomic E-state index is 0.0175. The smallest absolute Gasteiger partial charge is 0.264 e. The van der Waals surface area contributed by atoms with Crippen LogP contribution in [-0.4, -0.2) is 60.2 Å². The van der Waals surface area contributed by atoms with Crippen LogP contribution in [0.2, 0.25) is 0 Å². The number of hydrogen-bond acceptors (Lipinski definition) is 6. The molecule has 0 radical (unpaired) electrons. The summed E-state index contributed by atoms with van der Waals surface area (Å²) in [6.45, 7) is 3.19. The Labute approximate surface area is 201 Å². The third-order valence-corrected chi connectivity index (χ3v) is 8.37. The van der Waals surface area contributed by atoms with Crippen molar-refractivity contribution in [2.45, 2.75) is 31.1 Å². The Bertz CT molecular complexity index is 1210. The molecule has 0 aromatic heterocycles. The zero-order valence-corrected chi connectivity index (χ0v) is 20.2. The lowest BCUT2D eigenvalue weighted by atomic mass is 9.97. The molecule has 0 fully saturated rings. The number of carbonyl (C=O) groups excluding carboxylic acids is 1. The van der Waals surface area contributed by atoms with Gasteiger partial charge in [0.1, 0.15) is 0 Å². The van der Waals surface area contributed by atoms with Crippen molar-refractivity contribution in [1.29, 1.82) is 0 Å². The van der Waals surface area contributed by atoms with Crippen molar-refractivity contribution in [2.75, 3.05) is 25.9 Å². The van der Waals surface area contributed by atoms with Gasteiger partial charge in [-0.15, -0.1) is 0 Å². The Balaban J connectivity index is 1.60. The molecule has 2 aromatic rings. The zero-order chi connectivity index (χ0) is 24.8. The number of carbonyl (C=O) groups is 1. The van der Waals surface area contributed by atoms with E-state index >= 15 is 0 Å². The molecule has 1 amide bonds. The lowest BCUT2D eigenvalue weighted by Crippen LogP contribution is -2.51. The Hall–Kier alpha value is -2.96. The molecule has 3 rings (SSSR count). The van der Waals surface area contributed by atoms with Crippen molar-refractivity contribution in [3.63, 3.8) is 0 Å². The lowest BCUT2D eigenvalue weighted by molar-refractivity contribution is -0.131. The number of nitrogens with zero attached hydrogens (tertiary/aromatic N) is 1. The predicted octanol–water partition coefficient (Wildman–Crippen LogP) is 2.37. The maximum Gasteiger partial charge on any atom is 0.264 e. The number of hydroxylamine groups is 1. The van der Waals surface area contributed by atoms with E-state index in [0.29, 0.717) is 13.1 Å². The summed E-state index contributed by atoms with van der Waals surface area (Å²) in [6.07, 6.45) is 4.04. The average Bonchev–Trinajstić information content (AvgIpc) is 2.85. The highest BCUT2D eigenvalue weighted by molar-refractivity contribution is 7.92. The molecule has 1 aliphatic heterocycles. The molecule has 1 heterocycles. The largest absolute Gasteiger partial charge is 0.392 e. The zero-order valence-electron chi connectivity index (χ0n) is 19.4. The van der Waals surface area contributed by atoms with Gasteiger partial charge in [0, 0.05) is 37.0 Å². The van der Waals surface area contributed by atoms with Gasteiger partial charge in [0.15, 0.2) is 14.6 Å². The van der Waals surface area contributed by atoms with Crippen LogP contribution in [0, 0.1) is 11.8 Å². The average molecular weight is 483 g/mol. The molecule has 1 atom stereocenters. The predicted molar refractivity (Wildman–Crippen MR) is 132 cm³/mol. The summed E-state index contributed by atoms with van der Waals surface area (Å²) >= 11 is 0. The monoisotopic (exact) mass is 482 g/mol. The standard InChI is InChI=1S/C26H30N2O5S/c1-26(25(30)27-31,34(2,32)33)15-18-28-16-13-24(14-17-28)23-11-9-21(10-12-23)4-3-20-5-7-22(19-29)8-6-20/h5-13,29,31H,14-19H2,1-2H3,(H,27,30). The summed E-state index contributed by atoms with van der Waals surface area (Å²) in [6, 6.07) is 15.6. The van der Waals surface area contributed by atoms with Gasteiger partial charge < -0.3 is 5.11 Å². The van der Waals surface area contributed by atoms with E-state index in [1.165, 1.54) is 18.0 Å². The molecule has 3 N–H and O–H groups in total. The molecule has 0 aliphatic carbocycles. The number of nitrogens with one attached hydrogen (secondary N) is 1. The highest BCUT2D eigenvalue weighted by atomic mass is 32.2. The van der Waals surface area contributed by atoms with Crippen LogP contribution in [0.1, 0.15) is 42.0 Å². The number of benzene rings is 2. The van der Waals surface area contributed by atoms with Gasteiger partial charge in [-0.25, -0.2) is 13.9 Å². The van der Waals surface area contributed by atoms with E-state index in [1.54, 1.807) is 0 Å². The van der Waals surface area contributed by atoms with Gasteiger partial charge in [-0.1, -0.05) is 42.2 Å². The van der Waals surface area contributed by atoms with Gasteiger partial charge in [-0.2, -0.15) is 0 Å². The SMILES string of the molecule is CC(CCN1CC=C(c2ccc(C#Cc3ccc(CO)cc3)cc2)CC1)(C(=O)NO)S(C)(=O)=O. The van der Waals surface area contributed by atoms with Crippen LogP contribution < -0.4 is 5.48 Å². The maximum absolute atomic E-state index is 12.1. The van der Waals surface area contributed by atoms with Crippen LogP contribution in [-0.2, 0) is 21.2 Å². The third-order valence-electron chi connectivity index (χ3n) is 6.34. The van der Waals surface area contributed by atoms with Crippen LogP contribution in [0.4, 0.5) is 0 Å². The van der Waals surface area contributed by atoms with E-state index in [1.807, 2.05) is 48.5 Å². The van der Waals surface area contributed by atoms with Gasteiger partial charge >= 0.3 is 0 Å². The van der Waals surface area contributed by atoms with E-state index in [0.717, 1.165) is 41.5 Å². The highest BCUT2D eigenvalue weighted by Gasteiger charge is 2.43. The molecule has 0 saturated heterocycles. The topological polar surface area (TPSA) is 107 Å². The summed E-state index contributed by atoms with van der Waals surface area (Å²) in [5.41, 5.74) is 6.49. The van der Waals surface area contributed by atoms with Crippen molar-refractivity contribution < 1.29 is 23.5 Å². The van der Waals surface area contributed by atoms with E-state index in [9.17, 15) is 13.2 Å². The number of hydrogen-bond donors (Lipinski definition) is 3. The first-order valence-corrected chi connectivity index (χ1v) is 12.9. The molecule has 1 unspecified atom stereocenters. The maximum atomic E-state index is 12.1. The Morgan fingerprint density at radius 1 is 1.09 bits per heavy atom. The molecule has 7 nitrogen and oxygen atoms in total. The first kappa shape index (κ1) is 25.7. The van der Waals surface area contributed by atoms with Crippen molar-refractivity contribution in [3.8, 4) is 11.8 Å². The summed E-state index contributed by atoms with van der Waals surface area (Å²) in [7, 11) is -3.70. The van der Waals surface area contributed by atoms with Gasteiger partial charge in [-0.3, -0.25) is 14.9 Å². The summed E-state index contributed by atoms with van der Waals surface area (Å²) in [5.74, 6) is 5.37. The third kappa shape index (κ3) is 6.13. The van der Waals surface area contributed by atoms with Crippen molar-refractivity contribution in [2.24, 2.45) is 0 Å². The second-order valence-corrected chi connectivity index (χ2v) is 11.1. The fourth-order valence-electron chi connectivity index (χ4n) is 3.74. The van der Waals surface area contributed by atoms with Crippen LogP contribution in [0.15, 0.2) is 54.6 Å². The fourth-order valence-corrected chi connectivity index (χ4v) is 4.58. The van der Waals surface area contributed by atoms with Crippen molar-refractivity contribution in [1.82, 2.24) is 10.4 Å². The minimum Gasteiger partial charge on any atom is -0.392 e. The number of amides is 1. The second kappa shape index (κ2) is 11.0. The Kier molecular flexibility index (Phi) is 8.28. The molecule has 2 aromatic carbocycles. The number of sulfone groups is 1. The number of aliphatic hydroxyl groups is 1. The minimum atomic E-state index is -3.70.